The van der Waals surface area contributed by atoms with Crippen LogP contribution in [0.5, 0.6) is 0 Å². The van der Waals surface area contributed by atoms with Gasteiger partial charge >= 0.3 is 11.9 Å². The first-order valence-electron chi connectivity index (χ1n) is 17.3. The van der Waals surface area contributed by atoms with Crippen LogP contribution in [0.3, 0.4) is 0 Å². The average molecular weight is 569 g/mol. The topological polar surface area (TPSA) is 72.8 Å². The largest absolute Gasteiger partial charge is 0.463 e. The van der Waals surface area contributed by atoms with E-state index in [0.29, 0.717) is 12.8 Å². The third kappa shape index (κ3) is 31.4. The highest BCUT2D eigenvalue weighted by atomic mass is 16.6. The Bertz CT molecular complexity index is 560. The van der Waals surface area contributed by atoms with Crippen LogP contribution >= 0.6 is 0 Å². The Labute approximate surface area is 248 Å². The standard InChI is InChI=1S/C35H68O5/c1-31(2)25-21-17-13-9-6-5-7-11-15-19-23-27-34(37)39-29-33(36)30-40-35(38)28-24-20-16-12-8-10-14-18-22-26-32(3)4/h31-33,36H,5-30H2,1-4H3/t33-/m1/s1. The van der Waals surface area contributed by atoms with Crippen LogP contribution in [0.1, 0.15) is 182 Å². The van der Waals surface area contributed by atoms with E-state index in [4.69, 9.17) is 9.47 Å². The number of hydrogen-bond acceptors (Lipinski definition) is 5. The molecule has 0 radical (unpaired) electrons. The maximum absolute atomic E-state index is 11.9. The summed E-state index contributed by atoms with van der Waals surface area (Å²) in [5.41, 5.74) is 0. The van der Waals surface area contributed by atoms with Gasteiger partial charge in [-0.25, -0.2) is 0 Å². The third-order valence-electron chi connectivity index (χ3n) is 7.70. The lowest BCUT2D eigenvalue weighted by atomic mass is 10.0. The van der Waals surface area contributed by atoms with Crippen LogP contribution in [0.15, 0.2) is 0 Å². The molecule has 238 valence electrons. The first-order chi connectivity index (χ1) is 19.3. The minimum atomic E-state index is -0.955. The Balaban J connectivity index is 3.41. The normalized spacial score (nSPS) is 12.3. The van der Waals surface area contributed by atoms with E-state index in [9.17, 15) is 14.7 Å². The van der Waals surface area contributed by atoms with Gasteiger partial charge in [-0.3, -0.25) is 9.59 Å². The maximum atomic E-state index is 11.9. The number of carbonyl (C=O) groups excluding carboxylic acids is 2. The van der Waals surface area contributed by atoms with Crippen molar-refractivity contribution >= 4 is 11.9 Å². The SMILES string of the molecule is CC(C)CCCCCCCCCCCCCC(=O)OC[C@@H](O)COC(=O)CCCCCCCCCCCC(C)C. The quantitative estimate of drug-likeness (QED) is 0.0689. The second-order valence-electron chi connectivity index (χ2n) is 13.0. The van der Waals surface area contributed by atoms with Crippen molar-refractivity contribution < 1.29 is 24.2 Å². The van der Waals surface area contributed by atoms with Gasteiger partial charge in [0.25, 0.3) is 0 Å². The molecule has 0 unspecified atom stereocenters. The predicted molar refractivity (Wildman–Crippen MR) is 168 cm³/mol. The van der Waals surface area contributed by atoms with Gasteiger partial charge in [-0.15, -0.1) is 0 Å². The molecule has 0 saturated carbocycles. The second-order valence-corrected chi connectivity index (χ2v) is 13.0. The number of carbonyl (C=O) groups is 2. The van der Waals surface area contributed by atoms with Crippen molar-refractivity contribution in [2.75, 3.05) is 13.2 Å². The van der Waals surface area contributed by atoms with Gasteiger partial charge in [0.15, 0.2) is 0 Å². The van der Waals surface area contributed by atoms with Crippen LogP contribution in [0.2, 0.25) is 0 Å². The van der Waals surface area contributed by atoms with Gasteiger partial charge in [0.05, 0.1) is 0 Å². The van der Waals surface area contributed by atoms with E-state index in [-0.39, 0.29) is 25.2 Å². The van der Waals surface area contributed by atoms with E-state index in [2.05, 4.69) is 27.7 Å². The zero-order valence-corrected chi connectivity index (χ0v) is 27.2. The van der Waals surface area contributed by atoms with Crippen molar-refractivity contribution in [3.8, 4) is 0 Å². The van der Waals surface area contributed by atoms with Crippen molar-refractivity contribution in [2.45, 2.75) is 188 Å². The second kappa shape index (κ2) is 29.4. The minimum absolute atomic E-state index is 0.110. The van der Waals surface area contributed by atoms with E-state index in [0.717, 1.165) is 43.9 Å². The van der Waals surface area contributed by atoms with Crippen molar-refractivity contribution in [3.63, 3.8) is 0 Å². The summed E-state index contributed by atoms with van der Waals surface area (Å²) in [6.07, 6.45) is 27.2. The number of esters is 2. The van der Waals surface area contributed by atoms with Crippen molar-refractivity contribution in [2.24, 2.45) is 11.8 Å². The first-order valence-corrected chi connectivity index (χ1v) is 17.3. The van der Waals surface area contributed by atoms with Crippen LogP contribution in [0.4, 0.5) is 0 Å². The Hall–Kier alpha value is -1.10. The fourth-order valence-electron chi connectivity index (χ4n) is 5.04. The number of rotatable bonds is 30. The predicted octanol–water partition coefficient (Wildman–Crippen LogP) is 10.1. The zero-order chi connectivity index (χ0) is 29.7. The summed E-state index contributed by atoms with van der Waals surface area (Å²) in [7, 11) is 0. The molecule has 0 aliphatic rings. The number of ether oxygens (including phenoxy) is 2. The van der Waals surface area contributed by atoms with Gasteiger partial charge in [-0.1, -0.05) is 156 Å². The van der Waals surface area contributed by atoms with Gasteiger partial charge in [-0.05, 0) is 24.7 Å². The minimum Gasteiger partial charge on any atom is -0.463 e. The Kier molecular flexibility index (Phi) is 28.6. The Morgan fingerprint density at radius 1 is 0.450 bits per heavy atom. The van der Waals surface area contributed by atoms with Crippen LogP contribution in [0.25, 0.3) is 0 Å². The zero-order valence-electron chi connectivity index (χ0n) is 27.2. The summed E-state index contributed by atoms with van der Waals surface area (Å²) in [6.45, 7) is 8.96. The third-order valence-corrected chi connectivity index (χ3v) is 7.70. The molecule has 40 heavy (non-hydrogen) atoms. The highest BCUT2D eigenvalue weighted by Gasteiger charge is 2.12. The molecule has 0 amide bonds. The van der Waals surface area contributed by atoms with Gasteiger partial charge in [0.2, 0.25) is 0 Å². The number of aliphatic hydroxyl groups excluding tert-OH is 1. The van der Waals surface area contributed by atoms with Crippen molar-refractivity contribution in [1.29, 1.82) is 0 Å². The first kappa shape index (κ1) is 38.9. The molecule has 1 atom stereocenters. The molecular formula is C35H68O5. The highest BCUT2D eigenvalue weighted by molar-refractivity contribution is 5.69. The van der Waals surface area contributed by atoms with E-state index in [1.165, 1.54) is 109 Å². The summed E-state index contributed by atoms with van der Waals surface area (Å²) < 4.78 is 10.3. The lowest BCUT2D eigenvalue weighted by Crippen LogP contribution is -2.25. The molecule has 0 spiro atoms. The molecule has 0 aromatic carbocycles. The summed E-state index contributed by atoms with van der Waals surface area (Å²) in [6, 6.07) is 0. The molecule has 0 aromatic heterocycles. The molecule has 0 aliphatic carbocycles. The lowest BCUT2D eigenvalue weighted by molar-refractivity contribution is -0.152. The van der Waals surface area contributed by atoms with Crippen molar-refractivity contribution in [3.05, 3.63) is 0 Å². The van der Waals surface area contributed by atoms with Crippen LogP contribution in [0, 0.1) is 11.8 Å². The maximum Gasteiger partial charge on any atom is 0.305 e. The molecule has 0 fully saturated rings. The van der Waals surface area contributed by atoms with E-state index in [1.54, 1.807) is 0 Å². The number of hydrogen-bond donors (Lipinski definition) is 1. The molecule has 0 aromatic rings. The molecular weight excluding hydrogens is 500 g/mol. The van der Waals surface area contributed by atoms with Crippen molar-refractivity contribution in [1.82, 2.24) is 0 Å². The summed E-state index contributed by atoms with van der Waals surface area (Å²) >= 11 is 0. The van der Waals surface area contributed by atoms with E-state index in [1.807, 2.05) is 0 Å². The molecule has 0 saturated heterocycles. The lowest BCUT2D eigenvalue weighted by Gasteiger charge is -2.12. The number of aliphatic hydroxyl groups is 1. The molecule has 0 aliphatic heterocycles. The molecule has 0 rings (SSSR count). The Morgan fingerprint density at radius 3 is 0.975 bits per heavy atom. The highest BCUT2D eigenvalue weighted by Crippen LogP contribution is 2.15. The molecule has 5 nitrogen and oxygen atoms in total. The van der Waals surface area contributed by atoms with Crippen LogP contribution < -0.4 is 0 Å². The average Bonchev–Trinajstić information content (AvgIpc) is 2.91. The summed E-state index contributed by atoms with van der Waals surface area (Å²) in [4.78, 5) is 23.8. The fourth-order valence-corrected chi connectivity index (χ4v) is 5.04. The number of unbranched alkanes of at least 4 members (excludes halogenated alkanes) is 18. The van der Waals surface area contributed by atoms with Crippen LogP contribution in [-0.4, -0.2) is 36.4 Å². The summed E-state index contributed by atoms with van der Waals surface area (Å²) in [5.74, 6) is 1.10. The van der Waals surface area contributed by atoms with Gasteiger partial charge in [0, 0.05) is 12.8 Å². The van der Waals surface area contributed by atoms with Gasteiger partial charge in [-0.2, -0.15) is 0 Å². The molecule has 5 heteroatoms. The monoisotopic (exact) mass is 569 g/mol. The summed E-state index contributed by atoms with van der Waals surface area (Å²) in [5, 5.41) is 9.96. The van der Waals surface area contributed by atoms with Gasteiger partial charge in [0.1, 0.15) is 19.3 Å². The smallest absolute Gasteiger partial charge is 0.305 e. The van der Waals surface area contributed by atoms with E-state index >= 15 is 0 Å². The molecule has 0 bridgehead atoms. The molecule has 1 N–H and O–H groups in total. The Morgan fingerprint density at radius 2 is 0.700 bits per heavy atom. The van der Waals surface area contributed by atoms with Gasteiger partial charge < -0.3 is 14.6 Å². The van der Waals surface area contributed by atoms with E-state index < -0.39 is 6.10 Å². The fraction of sp³-hybridized carbons (Fsp3) is 0.943. The molecule has 0 heterocycles. The van der Waals surface area contributed by atoms with Crippen LogP contribution in [-0.2, 0) is 19.1 Å².